The summed E-state index contributed by atoms with van der Waals surface area (Å²) in [5.41, 5.74) is 8.47. The van der Waals surface area contributed by atoms with Crippen molar-refractivity contribution in [3.8, 4) is 0 Å². The standard InChI is InChI=1S/C24H31N3O3/c1-17-9-7-8-10-21(17)27-24(30)26-20-15-13-19(14-16-20)18(2)22(28)11-5-3-4-6-12-23(25)29/h7-10,13-16,18H,3-6,11-12H2,1-2H3,(H2,25,29)(H2,26,27,30). The minimum Gasteiger partial charge on any atom is -0.370 e. The van der Waals surface area contributed by atoms with Crippen molar-refractivity contribution < 1.29 is 14.4 Å². The molecule has 6 nitrogen and oxygen atoms in total. The van der Waals surface area contributed by atoms with Gasteiger partial charge in [-0.3, -0.25) is 9.59 Å². The van der Waals surface area contributed by atoms with Crippen LogP contribution in [0.2, 0.25) is 0 Å². The number of benzene rings is 2. The van der Waals surface area contributed by atoms with Gasteiger partial charge in [-0.05, 0) is 49.1 Å². The average Bonchev–Trinajstić information content (AvgIpc) is 2.72. The molecule has 6 heteroatoms. The maximum absolute atomic E-state index is 12.4. The number of urea groups is 1. The Kier molecular flexibility index (Phi) is 9.06. The maximum Gasteiger partial charge on any atom is 0.323 e. The van der Waals surface area contributed by atoms with Gasteiger partial charge in [-0.25, -0.2) is 4.79 Å². The predicted molar refractivity (Wildman–Crippen MR) is 121 cm³/mol. The number of nitrogens with one attached hydrogen (secondary N) is 2. The second-order valence-electron chi connectivity index (χ2n) is 7.58. The van der Waals surface area contributed by atoms with Crippen LogP contribution >= 0.6 is 0 Å². The number of Topliss-reactive ketones (excluding diaryl/α,β-unsaturated/α-hetero) is 1. The number of amides is 3. The van der Waals surface area contributed by atoms with Crippen molar-refractivity contribution in [2.75, 3.05) is 10.6 Å². The molecule has 160 valence electrons. The van der Waals surface area contributed by atoms with Gasteiger partial charge in [0.25, 0.3) is 0 Å². The smallest absolute Gasteiger partial charge is 0.323 e. The summed E-state index contributed by atoms with van der Waals surface area (Å²) in [6.07, 6.45) is 4.37. The normalized spacial score (nSPS) is 11.5. The molecule has 0 aliphatic heterocycles. The van der Waals surface area contributed by atoms with Crippen molar-refractivity contribution in [3.63, 3.8) is 0 Å². The molecule has 0 aromatic heterocycles. The Balaban J connectivity index is 1.78. The van der Waals surface area contributed by atoms with E-state index in [0.29, 0.717) is 18.5 Å². The Morgan fingerprint density at radius 1 is 0.867 bits per heavy atom. The highest BCUT2D eigenvalue weighted by atomic mass is 16.2. The van der Waals surface area contributed by atoms with Gasteiger partial charge in [-0.2, -0.15) is 0 Å². The topological polar surface area (TPSA) is 101 Å². The van der Waals surface area contributed by atoms with E-state index in [4.69, 9.17) is 5.73 Å². The number of nitrogens with two attached hydrogens (primary N) is 1. The van der Waals surface area contributed by atoms with E-state index in [1.807, 2.05) is 50.2 Å². The molecule has 3 amide bonds. The van der Waals surface area contributed by atoms with Crippen LogP contribution in [0, 0.1) is 6.92 Å². The van der Waals surface area contributed by atoms with E-state index in [2.05, 4.69) is 10.6 Å². The minimum atomic E-state index is -0.308. The van der Waals surface area contributed by atoms with Gasteiger partial charge in [-0.1, -0.05) is 50.1 Å². The van der Waals surface area contributed by atoms with E-state index in [1.165, 1.54) is 0 Å². The summed E-state index contributed by atoms with van der Waals surface area (Å²) in [5.74, 6) is -0.265. The first kappa shape index (κ1) is 23.1. The molecular weight excluding hydrogens is 378 g/mol. The van der Waals surface area contributed by atoms with Gasteiger partial charge in [0.2, 0.25) is 5.91 Å². The number of hydrogen-bond donors (Lipinski definition) is 3. The predicted octanol–water partition coefficient (Wildman–Crippen LogP) is 5.14. The van der Waals surface area contributed by atoms with E-state index in [9.17, 15) is 14.4 Å². The second kappa shape index (κ2) is 11.8. The summed E-state index contributed by atoms with van der Waals surface area (Å²) >= 11 is 0. The van der Waals surface area contributed by atoms with Crippen LogP contribution in [0.4, 0.5) is 16.2 Å². The molecule has 0 spiro atoms. The van der Waals surface area contributed by atoms with Crippen LogP contribution in [-0.4, -0.2) is 17.7 Å². The molecule has 0 bridgehead atoms. The number of carbonyl (C=O) groups is 3. The van der Waals surface area contributed by atoms with Gasteiger partial charge in [0.15, 0.2) is 0 Å². The molecule has 4 N–H and O–H groups in total. The summed E-state index contributed by atoms with van der Waals surface area (Å²) in [6.45, 7) is 3.84. The molecule has 0 aliphatic carbocycles. The first-order valence-corrected chi connectivity index (χ1v) is 10.4. The third-order valence-corrected chi connectivity index (χ3v) is 5.14. The summed E-state index contributed by atoms with van der Waals surface area (Å²) in [5, 5.41) is 5.64. The second-order valence-corrected chi connectivity index (χ2v) is 7.58. The zero-order valence-electron chi connectivity index (χ0n) is 17.7. The Labute approximate surface area is 178 Å². The van der Waals surface area contributed by atoms with Crippen molar-refractivity contribution >= 4 is 29.1 Å². The molecule has 2 aromatic rings. The Bertz CT molecular complexity index is 862. The van der Waals surface area contributed by atoms with Crippen molar-refractivity contribution in [3.05, 3.63) is 59.7 Å². The van der Waals surface area contributed by atoms with Crippen molar-refractivity contribution in [2.24, 2.45) is 5.73 Å². The summed E-state index contributed by atoms with van der Waals surface area (Å²) in [6, 6.07) is 14.6. The summed E-state index contributed by atoms with van der Waals surface area (Å²) in [7, 11) is 0. The van der Waals surface area contributed by atoms with Crippen LogP contribution in [0.15, 0.2) is 48.5 Å². The Hall–Kier alpha value is -3.15. The van der Waals surface area contributed by atoms with Gasteiger partial charge in [0, 0.05) is 30.1 Å². The Morgan fingerprint density at radius 3 is 2.13 bits per heavy atom. The number of primary amides is 1. The Morgan fingerprint density at radius 2 is 1.50 bits per heavy atom. The number of rotatable bonds is 11. The quantitative estimate of drug-likeness (QED) is 0.448. The van der Waals surface area contributed by atoms with Gasteiger partial charge in [0.05, 0.1) is 0 Å². The highest BCUT2D eigenvalue weighted by Gasteiger charge is 2.15. The first-order valence-electron chi connectivity index (χ1n) is 10.4. The molecule has 0 radical (unpaired) electrons. The molecule has 0 heterocycles. The highest BCUT2D eigenvalue weighted by Crippen LogP contribution is 2.22. The molecule has 0 aliphatic rings. The summed E-state index contributed by atoms with van der Waals surface area (Å²) < 4.78 is 0. The molecule has 1 atom stereocenters. The summed E-state index contributed by atoms with van der Waals surface area (Å²) in [4.78, 5) is 35.3. The molecule has 2 rings (SSSR count). The lowest BCUT2D eigenvalue weighted by Gasteiger charge is -2.13. The van der Waals surface area contributed by atoms with E-state index >= 15 is 0 Å². The number of ketones is 1. The lowest BCUT2D eigenvalue weighted by atomic mass is 9.93. The van der Waals surface area contributed by atoms with Crippen LogP contribution in [0.3, 0.4) is 0 Å². The van der Waals surface area contributed by atoms with E-state index < -0.39 is 0 Å². The molecular formula is C24H31N3O3. The third kappa shape index (κ3) is 7.70. The van der Waals surface area contributed by atoms with E-state index in [1.54, 1.807) is 12.1 Å². The number of aryl methyl sites for hydroxylation is 1. The van der Waals surface area contributed by atoms with Crippen LogP contribution < -0.4 is 16.4 Å². The van der Waals surface area contributed by atoms with Crippen molar-refractivity contribution in [1.82, 2.24) is 0 Å². The van der Waals surface area contributed by atoms with Crippen LogP contribution in [-0.2, 0) is 9.59 Å². The van der Waals surface area contributed by atoms with E-state index in [0.717, 1.165) is 42.5 Å². The van der Waals surface area contributed by atoms with Gasteiger partial charge >= 0.3 is 6.03 Å². The van der Waals surface area contributed by atoms with Crippen LogP contribution in [0.1, 0.15) is 62.5 Å². The fourth-order valence-electron chi connectivity index (χ4n) is 3.21. The fourth-order valence-corrected chi connectivity index (χ4v) is 3.21. The maximum atomic E-state index is 12.4. The number of carbonyl (C=O) groups excluding carboxylic acids is 3. The number of para-hydroxylation sites is 1. The monoisotopic (exact) mass is 409 g/mol. The highest BCUT2D eigenvalue weighted by molar-refractivity contribution is 6.00. The minimum absolute atomic E-state index is 0.189. The van der Waals surface area contributed by atoms with Gasteiger partial charge in [0.1, 0.15) is 5.78 Å². The molecule has 0 fully saturated rings. The largest absolute Gasteiger partial charge is 0.370 e. The third-order valence-electron chi connectivity index (χ3n) is 5.14. The van der Waals surface area contributed by atoms with Crippen LogP contribution in [0.25, 0.3) is 0 Å². The van der Waals surface area contributed by atoms with Crippen molar-refractivity contribution in [1.29, 1.82) is 0 Å². The first-order chi connectivity index (χ1) is 14.4. The molecule has 1 unspecified atom stereocenters. The van der Waals surface area contributed by atoms with Crippen LogP contribution in [0.5, 0.6) is 0 Å². The zero-order chi connectivity index (χ0) is 21.9. The van der Waals surface area contributed by atoms with E-state index in [-0.39, 0.29) is 23.6 Å². The number of hydrogen-bond acceptors (Lipinski definition) is 3. The number of unbranched alkanes of at least 4 members (excludes halogenated alkanes) is 3. The molecule has 2 aromatic carbocycles. The average molecular weight is 410 g/mol. The molecule has 0 saturated heterocycles. The SMILES string of the molecule is Cc1ccccc1NC(=O)Nc1ccc(C(C)C(=O)CCCCCCC(N)=O)cc1. The van der Waals surface area contributed by atoms with Crippen molar-refractivity contribution in [2.45, 2.75) is 58.3 Å². The van der Waals surface area contributed by atoms with Gasteiger partial charge in [-0.15, -0.1) is 0 Å². The fraction of sp³-hybridized carbons (Fsp3) is 0.375. The molecule has 30 heavy (non-hydrogen) atoms. The lowest BCUT2D eigenvalue weighted by molar-refractivity contribution is -0.120. The van der Waals surface area contributed by atoms with Gasteiger partial charge < -0.3 is 16.4 Å². The molecule has 0 saturated carbocycles. The lowest BCUT2D eigenvalue weighted by Crippen LogP contribution is -2.20. The zero-order valence-corrected chi connectivity index (χ0v) is 17.7. The number of anilines is 2.